The van der Waals surface area contributed by atoms with Gasteiger partial charge in [0.2, 0.25) is 5.95 Å². The Hall–Kier alpha value is -3.43. The molecular weight excluding hydrogens is 449 g/mol. The van der Waals surface area contributed by atoms with Gasteiger partial charge in [0.1, 0.15) is 18.7 Å². The van der Waals surface area contributed by atoms with Crippen molar-refractivity contribution in [2.45, 2.75) is 26.2 Å². The molecule has 1 aliphatic carbocycles. The van der Waals surface area contributed by atoms with Gasteiger partial charge in [0, 0.05) is 12.6 Å². The second-order valence-electron chi connectivity index (χ2n) is 7.75. The average Bonchev–Trinajstić information content (AvgIpc) is 3.32. The molecule has 2 atom stereocenters. The maximum atomic E-state index is 12.3. The third-order valence-corrected chi connectivity index (χ3v) is 5.99. The van der Waals surface area contributed by atoms with Gasteiger partial charge < -0.3 is 19.5 Å². The molecule has 0 radical (unpaired) electrons. The number of benzene rings is 1. The van der Waals surface area contributed by atoms with Crippen molar-refractivity contribution < 1.29 is 23.1 Å². The molecule has 33 heavy (non-hydrogen) atoms. The van der Waals surface area contributed by atoms with Crippen LogP contribution in [0.2, 0.25) is 0 Å². The van der Waals surface area contributed by atoms with E-state index < -0.39 is 19.2 Å². The molecule has 12 heteroatoms. The summed E-state index contributed by atoms with van der Waals surface area (Å²) in [6.45, 7) is 1.99. The Bertz CT molecular complexity index is 1270. The first-order valence-electron chi connectivity index (χ1n) is 10.4. The Kier molecular flexibility index (Phi) is 6.62. The smallest absolute Gasteiger partial charge is 0.367 e. The van der Waals surface area contributed by atoms with Gasteiger partial charge in [0.25, 0.3) is 5.56 Å². The third-order valence-electron chi connectivity index (χ3n) is 5.20. The molecule has 1 unspecified atom stereocenters. The van der Waals surface area contributed by atoms with Crippen LogP contribution in [0.15, 0.2) is 47.0 Å². The van der Waals surface area contributed by atoms with E-state index in [1.807, 2.05) is 13.0 Å². The number of rotatable bonds is 10. The van der Waals surface area contributed by atoms with Gasteiger partial charge in [-0.1, -0.05) is 25.1 Å². The van der Waals surface area contributed by atoms with E-state index in [9.17, 15) is 14.2 Å². The van der Waals surface area contributed by atoms with Crippen LogP contribution in [0.4, 0.5) is 5.95 Å². The van der Waals surface area contributed by atoms with Gasteiger partial charge in [0.05, 0.1) is 12.0 Å². The lowest BCUT2D eigenvalue weighted by molar-refractivity contribution is -0.145. The van der Waals surface area contributed by atoms with Crippen LogP contribution in [0, 0.1) is 5.41 Å². The molecule has 0 spiro atoms. The van der Waals surface area contributed by atoms with Crippen LogP contribution < -0.4 is 15.8 Å². The number of hydrogen-bond acceptors (Lipinski definition) is 9. The highest BCUT2D eigenvalue weighted by Gasteiger charge is 2.51. The molecule has 0 bridgehead atoms. The summed E-state index contributed by atoms with van der Waals surface area (Å²) >= 11 is 0. The first kappa shape index (κ1) is 22.8. The standard InChI is InChI=1S/C21H24N5O6P/c1-2-6-16(27)30-11-21(12-31-33(29)32-15-7-4-3-5-8-15)9-14(21)10-26-13-23-17-18(26)24-20(22)25-19(17)28/h3-5,7-8,10,13,33H,2,6,9,11-12H2,1H3,(H3,22,24,25,28)/b14-10-/t21-/m1/s1. The van der Waals surface area contributed by atoms with Gasteiger partial charge >= 0.3 is 14.2 Å². The maximum Gasteiger partial charge on any atom is 0.367 e. The van der Waals surface area contributed by atoms with Crippen LogP contribution in [-0.4, -0.2) is 38.7 Å². The van der Waals surface area contributed by atoms with E-state index in [2.05, 4.69) is 15.0 Å². The molecule has 3 aromatic rings. The Morgan fingerprint density at radius 2 is 2.12 bits per heavy atom. The summed E-state index contributed by atoms with van der Waals surface area (Å²) in [4.78, 5) is 34.6. The van der Waals surface area contributed by atoms with Crippen LogP contribution >= 0.6 is 8.25 Å². The fraction of sp³-hybridized carbons (Fsp3) is 0.333. The number of hydrogen-bond donors (Lipinski definition) is 2. The van der Waals surface area contributed by atoms with Crippen molar-refractivity contribution in [2.75, 3.05) is 18.9 Å². The molecule has 174 valence electrons. The number of nitrogens with two attached hydrogens (primary N) is 1. The number of nitrogens with one attached hydrogen (secondary N) is 1. The van der Waals surface area contributed by atoms with Crippen molar-refractivity contribution in [3.8, 4) is 5.75 Å². The van der Waals surface area contributed by atoms with Crippen LogP contribution in [0.1, 0.15) is 26.2 Å². The van der Waals surface area contributed by atoms with E-state index in [-0.39, 0.29) is 30.6 Å². The number of anilines is 1. The zero-order chi connectivity index (χ0) is 23.4. The second-order valence-corrected chi connectivity index (χ2v) is 8.74. The molecule has 0 amide bonds. The molecule has 3 N–H and O–H groups in total. The fourth-order valence-corrected chi connectivity index (χ4v) is 4.13. The second kappa shape index (κ2) is 9.60. The molecule has 1 saturated carbocycles. The van der Waals surface area contributed by atoms with Crippen molar-refractivity contribution in [1.82, 2.24) is 19.5 Å². The van der Waals surface area contributed by atoms with Crippen molar-refractivity contribution in [3.05, 3.63) is 52.6 Å². The number of nitrogen functional groups attached to an aromatic ring is 1. The number of fused-ring (bicyclic) bond motifs is 1. The van der Waals surface area contributed by atoms with E-state index in [0.29, 0.717) is 30.7 Å². The van der Waals surface area contributed by atoms with Crippen molar-refractivity contribution >= 4 is 37.5 Å². The summed E-state index contributed by atoms with van der Waals surface area (Å²) in [5.74, 6) is 0.101. The largest absolute Gasteiger partial charge is 0.465 e. The van der Waals surface area contributed by atoms with Crippen molar-refractivity contribution in [1.29, 1.82) is 0 Å². The molecule has 2 heterocycles. The summed E-state index contributed by atoms with van der Waals surface area (Å²) in [6.07, 6.45) is 4.71. The number of carbonyl (C=O) groups excluding carboxylic acids is 1. The van der Waals surface area contributed by atoms with Crippen LogP contribution in [-0.2, 0) is 18.6 Å². The lowest BCUT2D eigenvalue weighted by Gasteiger charge is -2.16. The van der Waals surface area contributed by atoms with Crippen LogP contribution in [0.25, 0.3) is 17.4 Å². The van der Waals surface area contributed by atoms with E-state index in [4.69, 9.17) is 19.5 Å². The van der Waals surface area contributed by atoms with Crippen LogP contribution in [0.3, 0.4) is 0 Å². The van der Waals surface area contributed by atoms with Gasteiger partial charge in [0.15, 0.2) is 11.2 Å². The zero-order valence-electron chi connectivity index (χ0n) is 17.9. The Morgan fingerprint density at radius 3 is 2.88 bits per heavy atom. The first-order valence-corrected chi connectivity index (χ1v) is 11.6. The molecule has 0 aliphatic heterocycles. The number of para-hydroxylation sites is 1. The quantitative estimate of drug-likeness (QED) is 0.334. The predicted octanol–water partition coefficient (Wildman–Crippen LogP) is 2.76. The Balaban J connectivity index is 1.52. The monoisotopic (exact) mass is 473 g/mol. The number of imidazole rings is 1. The number of carbonyl (C=O) groups is 1. The van der Waals surface area contributed by atoms with E-state index in [1.165, 1.54) is 6.33 Å². The minimum Gasteiger partial charge on any atom is -0.465 e. The van der Waals surface area contributed by atoms with Gasteiger partial charge in [-0.3, -0.25) is 19.1 Å². The predicted molar refractivity (Wildman–Crippen MR) is 122 cm³/mol. The maximum absolute atomic E-state index is 12.3. The molecule has 4 rings (SSSR count). The van der Waals surface area contributed by atoms with Gasteiger partial charge in [-0.15, -0.1) is 0 Å². The van der Waals surface area contributed by atoms with Gasteiger partial charge in [-0.05, 0) is 30.5 Å². The molecule has 11 nitrogen and oxygen atoms in total. The highest BCUT2D eigenvalue weighted by Crippen LogP contribution is 2.54. The topological polar surface area (TPSA) is 151 Å². The van der Waals surface area contributed by atoms with Gasteiger partial charge in [-0.25, -0.2) is 9.55 Å². The highest BCUT2D eigenvalue weighted by molar-refractivity contribution is 7.33. The summed E-state index contributed by atoms with van der Waals surface area (Å²) in [6, 6.07) is 8.72. The minimum atomic E-state index is -2.82. The van der Waals surface area contributed by atoms with E-state index in [1.54, 1.807) is 35.0 Å². The lowest BCUT2D eigenvalue weighted by Crippen LogP contribution is -2.20. The number of aromatic amines is 1. The Labute approximate surface area is 189 Å². The summed E-state index contributed by atoms with van der Waals surface area (Å²) in [5, 5.41) is 0. The fourth-order valence-electron chi connectivity index (χ4n) is 3.34. The summed E-state index contributed by atoms with van der Waals surface area (Å²) in [5.41, 5.74) is 5.87. The molecule has 0 saturated heterocycles. The van der Waals surface area contributed by atoms with Crippen molar-refractivity contribution in [3.63, 3.8) is 0 Å². The number of ether oxygens (including phenoxy) is 1. The van der Waals surface area contributed by atoms with E-state index >= 15 is 0 Å². The molecule has 1 fully saturated rings. The summed E-state index contributed by atoms with van der Waals surface area (Å²) in [7, 11) is -2.82. The normalized spacial score (nSPS) is 19.5. The molecular formula is C21H24N5O6P. The highest BCUT2D eigenvalue weighted by atomic mass is 31.1. The molecule has 2 aromatic heterocycles. The Morgan fingerprint density at radius 1 is 1.33 bits per heavy atom. The van der Waals surface area contributed by atoms with Gasteiger partial charge in [-0.2, -0.15) is 4.98 Å². The third kappa shape index (κ3) is 5.32. The lowest BCUT2D eigenvalue weighted by atomic mass is 10.1. The average molecular weight is 473 g/mol. The SMILES string of the molecule is CCCC(=O)OC[C@@]1(CO[PH](=O)Oc2ccccc2)C/C1=C/n1cnc2c(=O)[nH]c(N)nc21. The number of aromatic nitrogens is 4. The van der Waals surface area contributed by atoms with E-state index in [0.717, 1.165) is 5.57 Å². The number of nitrogens with zero attached hydrogens (tertiary/aromatic N) is 3. The number of esters is 1. The number of H-pyrrole nitrogens is 1. The first-order chi connectivity index (χ1) is 15.9. The molecule has 1 aliphatic rings. The van der Waals surface area contributed by atoms with Crippen molar-refractivity contribution in [2.24, 2.45) is 5.41 Å². The summed E-state index contributed by atoms with van der Waals surface area (Å²) < 4.78 is 30.2. The molecule has 1 aromatic carbocycles. The minimum absolute atomic E-state index is 0.0248. The zero-order valence-corrected chi connectivity index (χ0v) is 18.9. The van der Waals surface area contributed by atoms with Crippen LogP contribution in [0.5, 0.6) is 5.75 Å².